The van der Waals surface area contributed by atoms with Crippen LogP contribution in [0.25, 0.3) is 11.0 Å². The van der Waals surface area contributed by atoms with Gasteiger partial charge >= 0.3 is 0 Å². The summed E-state index contributed by atoms with van der Waals surface area (Å²) in [6.07, 6.45) is 7.77. The summed E-state index contributed by atoms with van der Waals surface area (Å²) in [6, 6.07) is 0. The monoisotopic (exact) mass is 299 g/mol. The number of H-pyrrole nitrogens is 1. The molecule has 114 valence electrons. The summed E-state index contributed by atoms with van der Waals surface area (Å²) in [5.74, 6) is 2.13. The summed E-state index contributed by atoms with van der Waals surface area (Å²) in [5, 5.41) is 14.6. The van der Waals surface area contributed by atoms with Crippen LogP contribution in [0.4, 0.5) is 11.5 Å². The molecule has 0 unspecified atom stereocenters. The number of hydrogen-bond donors (Lipinski definition) is 2. The lowest BCUT2D eigenvalue weighted by atomic mass is 10.3. The number of ether oxygens (including phenoxy) is 1. The molecule has 0 aliphatic heterocycles. The highest BCUT2D eigenvalue weighted by Gasteiger charge is 2.28. The minimum atomic E-state index is 0.490. The van der Waals surface area contributed by atoms with E-state index in [1.807, 2.05) is 10.9 Å². The topological polar surface area (TPSA) is 93.5 Å². The van der Waals surface area contributed by atoms with Gasteiger partial charge in [-0.2, -0.15) is 10.2 Å². The van der Waals surface area contributed by atoms with Gasteiger partial charge in [0.05, 0.1) is 31.2 Å². The van der Waals surface area contributed by atoms with Gasteiger partial charge in [-0.05, 0) is 12.8 Å². The molecule has 0 atom stereocenters. The SMILES string of the molecule is COCCn1cc(Nc2nc(C3CC3)nc3cn[nH]c23)cn1. The van der Waals surface area contributed by atoms with Crippen molar-refractivity contribution in [3.63, 3.8) is 0 Å². The van der Waals surface area contributed by atoms with Crippen LogP contribution in [-0.4, -0.2) is 43.7 Å². The zero-order valence-corrected chi connectivity index (χ0v) is 12.3. The summed E-state index contributed by atoms with van der Waals surface area (Å²) in [6.45, 7) is 1.35. The molecule has 0 saturated heterocycles. The van der Waals surface area contributed by atoms with E-state index in [4.69, 9.17) is 4.74 Å². The number of anilines is 2. The van der Waals surface area contributed by atoms with Crippen molar-refractivity contribution < 1.29 is 4.74 Å². The van der Waals surface area contributed by atoms with Gasteiger partial charge in [-0.25, -0.2) is 9.97 Å². The Morgan fingerprint density at radius 2 is 2.27 bits per heavy atom. The maximum absolute atomic E-state index is 5.05. The van der Waals surface area contributed by atoms with E-state index in [9.17, 15) is 0 Å². The molecule has 8 heteroatoms. The largest absolute Gasteiger partial charge is 0.383 e. The van der Waals surface area contributed by atoms with E-state index in [-0.39, 0.29) is 0 Å². The Morgan fingerprint density at radius 1 is 1.36 bits per heavy atom. The molecule has 22 heavy (non-hydrogen) atoms. The average molecular weight is 299 g/mol. The second kappa shape index (κ2) is 5.38. The van der Waals surface area contributed by atoms with Crippen LogP contribution < -0.4 is 5.32 Å². The molecule has 0 aromatic carbocycles. The third kappa shape index (κ3) is 2.52. The highest BCUT2D eigenvalue weighted by molar-refractivity contribution is 5.86. The first kappa shape index (κ1) is 13.2. The van der Waals surface area contributed by atoms with Crippen LogP contribution in [0.2, 0.25) is 0 Å². The molecule has 0 amide bonds. The van der Waals surface area contributed by atoms with Gasteiger partial charge in [0.1, 0.15) is 16.9 Å². The number of methoxy groups -OCH3 is 1. The first-order chi connectivity index (χ1) is 10.8. The zero-order chi connectivity index (χ0) is 14.9. The summed E-state index contributed by atoms with van der Waals surface area (Å²) in [5.41, 5.74) is 2.53. The fourth-order valence-electron chi connectivity index (χ4n) is 2.34. The number of rotatable bonds is 6. The first-order valence-corrected chi connectivity index (χ1v) is 7.33. The number of hydrogen-bond acceptors (Lipinski definition) is 6. The van der Waals surface area contributed by atoms with Crippen LogP contribution in [0.1, 0.15) is 24.6 Å². The van der Waals surface area contributed by atoms with Gasteiger partial charge < -0.3 is 10.1 Å². The molecule has 1 saturated carbocycles. The molecule has 0 spiro atoms. The summed E-state index contributed by atoms with van der Waals surface area (Å²) in [7, 11) is 1.68. The molecule has 0 radical (unpaired) electrons. The van der Waals surface area contributed by atoms with Gasteiger partial charge in [-0.1, -0.05) is 0 Å². The molecule has 0 bridgehead atoms. The molecule has 4 rings (SSSR count). The molecule has 1 fully saturated rings. The van der Waals surface area contributed by atoms with Crippen molar-refractivity contribution in [2.24, 2.45) is 0 Å². The normalized spacial score (nSPS) is 14.6. The number of fused-ring (bicyclic) bond motifs is 1. The number of aromatic nitrogens is 6. The Labute approximate surface area is 126 Å². The van der Waals surface area contributed by atoms with Gasteiger partial charge in [-0.15, -0.1) is 0 Å². The molecule has 3 aromatic heterocycles. The average Bonchev–Trinajstić information content (AvgIpc) is 3.10. The molecule has 1 aliphatic carbocycles. The van der Waals surface area contributed by atoms with Gasteiger partial charge in [0, 0.05) is 19.2 Å². The lowest BCUT2D eigenvalue weighted by Gasteiger charge is -2.06. The number of nitrogens with zero attached hydrogens (tertiary/aromatic N) is 5. The fourth-order valence-corrected chi connectivity index (χ4v) is 2.34. The smallest absolute Gasteiger partial charge is 0.160 e. The van der Waals surface area contributed by atoms with Crippen LogP contribution in [0.3, 0.4) is 0 Å². The standard InChI is InChI=1S/C14H17N7O/c1-22-5-4-21-8-10(6-16-21)17-14-12-11(7-15-20-12)18-13(19-14)9-2-3-9/h6-9H,2-5H2,1H3,(H,15,20)(H,17,18,19). The van der Waals surface area contributed by atoms with E-state index in [1.54, 1.807) is 19.5 Å². The lowest BCUT2D eigenvalue weighted by molar-refractivity contribution is 0.183. The maximum Gasteiger partial charge on any atom is 0.160 e. The molecular formula is C14H17N7O. The van der Waals surface area contributed by atoms with Gasteiger partial charge in [-0.3, -0.25) is 9.78 Å². The van der Waals surface area contributed by atoms with E-state index < -0.39 is 0 Å². The van der Waals surface area contributed by atoms with Gasteiger partial charge in [0.2, 0.25) is 0 Å². The van der Waals surface area contributed by atoms with E-state index >= 15 is 0 Å². The minimum absolute atomic E-state index is 0.490. The van der Waals surface area contributed by atoms with Crippen LogP contribution in [0.5, 0.6) is 0 Å². The van der Waals surface area contributed by atoms with Crippen molar-refractivity contribution in [1.29, 1.82) is 0 Å². The molecule has 8 nitrogen and oxygen atoms in total. The van der Waals surface area contributed by atoms with Crippen LogP contribution in [-0.2, 0) is 11.3 Å². The Kier molecular flexibility index (Phi) is 3.23. The van der Waals surface area contributed by atoms with Crippen molar-refractivity contribution in [3.8, 4) is 0 Å². The van der Waals surface area contributed by atoms with Crippen molar-refractivity contribution in [1.82, 2.24) is 29.9 Å². The Balaban J connectivity index is 1.62. The Hall–Kier alpha value is -2.48. The predicted octanol–water partition coefficient (Wildman–Crippen LogP) is 1.82. The van der Waals surface area contributed by atoms with E-state index in [1.165, 1.54) is 0 Å². The summed E-state index contributed by atoms with van der Waals surface area (Å²) < 4.78 is 6.89. The van der Waals surface area contributed by atoms with Crippen LogP contribution in [0, 0.1) is 0 Å². The van der Waals surface area contributed by atoms with Crippen LogP contribution in [0.15, 0.2) is 18.6 Å². The van der Waals surface area contributed by atoms with E-state index in [0.717, 1.165) is 47.7 Å². The Bertz CT molecular complexity index is 789. The van der Waals surface area contributed by atoms with Crippen LogP contribution >= 0.6 is 0 Å². The quantitative estimate of drug-likeness (QED) is 0.721. The van der Waals surface area contributed by atoms with E-state index in [2.05, 4.69) is 30.6 Å². The third-order valence-corrected chi connectivity index (χ3v) is 3.68. The highest BCUT2D eigenvalue weighted by Crippen LogP contribution is 2.39. The predicted molar refractivity (Wildman–Crippen MR) is 81.0 cm³/mol. The van der Waals surface area contributed by atoms with Gasteiger partial charge in [0.25, 0.3) is 0 Å². The summed E-state index contributed by atoms with van der Waals surface area (Å²) in [4.78, 5) is 9.21. The molecule has 3 heterocycles. The number of aromatic amines is 1. The molecular weight excluding hydrogens is 282 g/mol. The minimum Gasteiger partial charge on any atom is -0.383 e. The molecule has 2 N–H and O–H groups in total. The van der Waals surface area contributed by atoms with Crippen molar-refractivity contribution in [3.05, 3.63) is 24.4 Å². The molecule has 3 aromatic rings. The zero-order valence-electron chi connectivity index (χ0n) is 12.3. The Morgan fingerprint density at radius 3 is 3.09 bits per heavy atom. The second-order valence-corrected chi connectivity index (χ2v) is 5.44. The van der Waals surface area contributed by atoms with Crippen molar-refractivity contribution in [2.45, 2.75) is 25.3 Å². The lowest BCUT2D eigenvalue weighted by Crippen LogP contribution is -2.04. The number of nitrogens with one attached hydrogen (secondary N) is 2. The fraction of sp³-hybridized carbons (Fsp3) is 0.429. The summed E-state index contributed by atoms with van der Waals surface area (Å²) >= 11 is 0. The second-order valence-electron chi connectivity index (χ2n) is 5.44. The molecule has 1 aliphatic rings. The van der Waals surface area contributed by atoms with Crippen molar-refractivity contribution >= 4 is 22.5 Å². The van der Waals surface area contributed by atoms with Gasteiger partial charge in [0.15, 0.2) is 5.82 Å². The highest BCUT2D eigenvalue weighted by atomic mass is 16.5. The first-order valence-electron chi connectivity index (χ1n) is 7.33. The maximum atomic E-state index is 5.05. The van der Waals surface area contributed by atoms with Crippen molar-refractivity contribution in [2.75, 3.05) is 19.0 Å². The third-order valence-electron chi connectivity index (χ3n) is 3.68. The van der Waals surface area contributed by atoms with E-state index in [0.29, 0.717) is 12.5 Å².